The van der Waals surface area contributed by atoms with Crippen LogP contribution in [0.15, 0.2) is 305 Å². The average molecular weight is 1760 g/mol. The molecule has 0 aliphatic carbocycles. The van der Waals surface area contributed by atoms with Gasteiger partial charge in [0.25, 0.3) is 0 Å². The number of methoxy groups -OCH3 is 1. The first-order chi connectivity index (χ1) is 62.7. The Labute approximate surface area is 747 Å². The maximum Gasteiger partial charge on any atom is 0.513 e. The lowest BCUT2D eigenvalue weighted by atomic mass is 10.0. The highest BCUT2D eigenvalue weighted by Crippen LogP contribution is 2.27. The van der Waals surface area contributed by atoms with Gasteiger partial charge in [0.2, 0.25) is 0 Å². The molecule has 672 valence electrons. The summed E-state index contributed by atoms with van der Waals surface area (Å²) in [6.07, 6.45) is 9.40. The molecule has 0 bridgehead atoms. The van der Waals surface area contributed by atoms with Crippen LogP contribution in [-0.4, -0.2) is 119 Å². The van der Waals surface area contributed by atoms with Gasteiger partial charge < -0.3 is 75.8 Å². The largest absolute Gasteiger partial charge is 0.513 e. The van der Waals surface area contributed by atoms with Crippen molar-refractivity contribution in [1.29, 1.82) is 0 Å². The van der Waals surface area contributed by atoms with Gasteiger partial charge in [-0.3, -0.25) is 0 Å². The molecule has 0 heterocycles. The molecule has 0 N–H and O–H groups in total. The number of ether oxygens (including phenoxy) is 16. The summed E-state index contributed by atoms with van der Waals surface area (Å²) in [6.45, 7) is 22.8. The maximum absolute atomic E-state index is 12.6. The Hall–Kier alpha value is -16.3. The van der Waals surface area contributed by atoms with Gasteiger partial charge in [0.15, 0.2) is 0 Å². The normalized spacial score (nSPS) is 9.98. The molecule has 0 aliphatic rings. The zero-order valence-corrected chi connectivity index (χ0v) is 72.3. The highest BCUT2D eigenvalue weighted by molar-refractivity contribution is 5.95. The van der Waals surface area contributed by atoms with Crippen molar-refractivity contribution in [2.24, 2.45) is 0 Å². The van der Waals surface area contributed by atoms with Crippen molar-refractivity contribution in [3.8, 4) is 68.6 Å². The second kappa shape index (κ2) is 60.3. The Morgan fingerprint density at radius 3 is 0.721 bits per heavy atom. The molecular formula is C101H100O28. The number of unbranched alkanes of at least 4 members (excludes halogenated alkanes) is 3. The molecule has 10 aromatic carbocycles. The van der Waals surface area contributed by atoms with E-state index >= 15 is 0 Å². The minimum absolute atomic E-state index is 0.0905. The van der Waals surface area contributed by atoms with Gasteiger partial charge in [0.1, 0.15) is 57.5 Å². The molecule has 0 aromatic heterocycles. The SMILES string of the molecule is C=CC(=O)OCCCCOC(=O)Oc1ccc(C(=O)Oc2ccc(OC(=O)/C=C/c3ccc(OC)cc3)cc2)cc1.C=CC(=O)OCCCCOC(=O)Oc1ccc(C(=O)Oc2ccc(OC(=O)/C=C/c3ccccc3)cc2)cc1.C=CC(=O)OCCCCOC(=O)Oc1ccc(C(=O)Oc2ccc(OC(=O)c3ccc(-c4ccccc4)cc3)cc2)cc1.CC.CC.CC. The lowest BCUT2D eigenvalue weighted by Gasteiger charge is -2.08. The van der Waals surface area contributed by atoms with Gasteiger partial charge in [0.05, 0.1) is 69.0 Å². The topological polar surface area (TPSA) is 353 Å². The van der Waals surface area contributed by atoms with Crippen LogP contribution in [-0.2, 0) is 52.4 Å². The average Bonchev–Trinajstić information content (AvgIpc) is 0.851. The van der Waals surface area contributed by atoms with E-state index in [-0.39, 0.29) is 96.6 Å². The Kier molecular flexibility index (Phi) is 48.3. The van der Waals surface area contributed by atoms with Crippen LogP contribution >= 0.6 is 0 Å². The van der Waals surface area contributed by atoms with E-state index in [0.717, 1.165) is 40.5 Å². The highest BCUT2D eigenvalue weighted by atomic mass is 16.7. The molecule has 0 amide bonds. The van der Waals surface area contributed by atoms with E-state index < -0.39 is 72.2 Å². The second-order valence-corrected chi connectivity index (χ2v) is 25.0. The quantitative estimate of drug-likeness (QED) is 0.00871. The maximum atomic E-state index is 12.6. The van der Waals surface area contributed by atoms with Gasteiger partial charge in [0, 0.05) is 30.4 Å². The smallest absolute Gasteiger partial charge is 0.497 e. The number of carbonyl (C=O) groups is 12. The fourth-order valence-corrected chi connectivity index (χ4v) is 9.86. The van der Waals surface area contributed by atoms with E-state index in [1.165, 1.54) is 158 Å². The van der Waals surface area contributed by atoms with E-state index in [9.17, 15) is 57.5 Å². The summed E-state index contributed by atoms with van der Waals surface area (Å²) >= 11 is 0. The first-order valence-corrected chi connectivity index (χ1v) is 40.7. The van der Waals surface area contributed by atoms with Crippen LogP contribution in [0.1, 0.15) is 133 Å². The summed E-state index contributed by atoms with van der Waals surface area (Å²) in [5.74, 6) is -2.17. The van der Waals surface area contributed by atoms with Gasteiger partial charge in [-0.1, -0.05) is 146 Å². The van der Waals surface area contributed by atoms with Crippen molar-refractivity contribution in [3.63, 3.8) is 0 Å². The Bertz CT molecular complexity index is 5240. The van der Waals surface area contributed by atoms with Crippen molar-refractivity contribution < 1.29 is 133 Å². The summed E-state index contributed by atoms with van der Waals surface area (Å²) < 4.78 is 81.6. The summed E-state index contributed by atoms with van der Waals surface area (Å²) in [5.41, 5.74) is 4.79. The minimum Gasteiger partial charge on any atom is -0.497 e. The monoisotopic (exact) mass is 1760 g/mol. The number of benzene rings is 10. The number of hydrogen-bond donors (Lipinski definition) is 0. The summed E-state index contributed by atoms with van der Waals surface area (Å²) in [4.78, 5) is 142. The van der Waals surface area contributed by atoms with Crippen LogP contribution in [0.4, 0.5) is 14.4 Å². The van der Waals surface area contributed by atoms with Crippen LogP contribution < -0.4 is 47.4 Å². The molecule has 10 aromatic rings. The third kappa shape index (κ3) is 41.2. The Balaban J connectivity index is 0.000000333. The second-order valence-electron chi connectivity index (χ2n) is 25.0. The van der Waals surface area contributed by atoms with Crippen LogP contribution in [0.25, 0.3) is 23.3 Å². The number of carbonyl (C=O) groups excluding carboxylic acids is 12. The van der Waals surface area contributed by atoms with Crippen molar-refractivity contribution in [1.82, 2.24) is 0 Å². The third-order valence-corrected chi connectivity index (χ3v) is 16.1. The van der Waals surface area contributed by atoms with Crippen LogP contribution in [0.2, 0.25) is 0 Å². The molecule has 0 atom stereocenters. The molecular weight excluding hydrogens is 1660 g/mol. The van der Waals surface area contributed by atoms with E-state index in [2.05, 4.69) is 19.7 Å². The zero-order chi connectivity index (χ0) is 93.8. The van der Waals surface area contributed by atoms with Crippen LogP contribution in [0, 0.1) is 0 Å². The van der Waals surface area contributed by atoms with Crippen LogP contribution in [0.3, 0.4) is 0 Å². The van der Waals surface area contributed by atoms with Crippen molar-refractivity contribution in [3.05, 3.63) is 338 Å². The van der Waals surface area contributed by atoms with Crippen molar-refractivity contribution in [2.45, 2.75) is 80.1 Å². The molecule has 0 fully saturated rings. The predicted molar refractivity (Wildman–Crippen MR) is 480 cm³/mol. The standard InChI is InChI=1S/C34H28O9.C31H28O10.C30H26O9.3C2H6/c1-2-31(35)39-22-6-7-23-40-34(38)43-30-16-14-27(15-17-30)33(37)42-29-20-18-28(19-21-29)41-32(36)26-12-10-25(11-13-26)24-8-4-3-5-9-24;1-3-28(32)37-20-4-5-21-38-31(35)41-27-13-9-23(10-14-27)30(34)40-26-17-15-25(16-18-26)39-29(33)19-8-22-6-11-24(36-2)12-7-22;1-2-27(31)35-20-6-7-21-36-30(34)39-26-13-11-23(12-14-26)29(33)38-25-17-15-24(16-18-25)37-28(32)19-10-22-8-4-3-5-9-22;3*1-2/h2-5,8-21H,1,6-7,22-23H2;3,6-19H,1,4-5,20-21H2,2H3;2-5,8-19H,1,6-7,20-21H2;3*1-2H3/b;19-8+;19-10+;;;. The lowest BCUT2D eigenvalue weighted by molar-refractivity contribution is -0.138. The van der Waals surface area contributed by atoms with Gasteiger partial charge >= 0.3 is 72.2 Å². The van der Waals surface area contributed by atoms with E-state index in [0.29, 0.717) is 61.3 Å². The predicted octanol–water partition coefficient (Wildman–Crippen LogP) is 21.0. The van der Waals surface area contributed by atoms with Gasteiger partial charge in [-0.15, -0.1) is 0 Å². The first-order valence-electron chi connectivity index (χ1n) is 40.7. The number of esters is 9. The fraction of sp³-hybridized carbons (Fsp3) is 0.188. The molecule has 0 saturated heterocycles. The zero-order valence-electron chi connectivity index (χ0n) is 72.3. The summed E-state index contributed by atoms with van der Waals surface area (Å²) in [7, 11) is 1.57. The molecule has 0 unspecified atom stereocenters. The minimum atomic E-state index is -0.902. The van der Waals surface area contributed by atoms with Crippen LogP contribution in [0.5, 0.6) is 57.5 Å². The third-order valence-electron chi connectivity index (χ3n) is 16.1. The van der Waals surface area contributed by atoms with Gasteiger partial charge in [-0.25, -0.2) is 57.5 Å². The fourth-order valence-electron chi connectivity index (χ4n) is 9.86. The van der Waals surface area contributed by atoms with E-state index in [1.807, 2.05) is 114 Å². The molecule has 0 radical (unpaired) electrons. The first kappa shape index (κ1) is 103. The molecule has 28 heteroatoms. The van der Waals surface area contributed by atoms with Crippen molar-refractivity contribution in [2.75, 3.05) is 46.8 Å². The molecule has 0 spiro atoms. The van der Waals surface area contributed by atoms with Gasteiger partial charge in [-0.05, 0) is 243 Å². The van der Waals surface area contributed by atoms with Gasteiger partial charge in [-0.2, -0.15) is 0 Å². The number of rotatable bonds is 37. The highest BCUT2D eigenvalue weighted by Gasteiger charge is 2.18. The molecule has 28 nitrogen and oxygen atoms in total. The molecule has 0 saturated carbocycles. The Morgan fingerprint density at radius 2 is 0.450 bits per heavy atom. The molecule has 0 aliphatic heterocycles. The van der Waals surface area contributed by atoms with Crippen molar-refractivity contribution >= 4 is 84.3 Å². The summed E-state index contributed by atoms with van der Waals surface area (Å²) in [6, 6.07) is 68.7. The van der Waals surface area contributed by atoms with E-state index in [4.69, 9.17) is 75.8 Å². The summed E-state index contributed by atoms with van der Waals surface area (Å²) in [5, 5.41) is 0. The molecule has 129 heavy (non-hydrogen) atoms. The number of hydrogen-bond acceptors (Lipinski definition) is 28. The Morgan fingerprint density at radius 1 is 0.233 bits per heavy atom. The lowest BCUT2D eigenvalue weighted by Crippen LogP contribution is -2.12. The molecule has 10 rings (SSSR count). The van der Waals surface area contributed by atoms with E-state index in [1.54, 1.807) is 55.7 Å².